The molecule has 0 saturated heterocycles. The normalized spacial score (nSPS) is 12.9. The molecule has 0 aliphatic heterocycles. The number of hydrogen-bond donors (Lipinski definition) is 2. The zero-order valence-electron chi connectivity index (χ0n) is 15.3. The first-order valence-corrected chi connectivity index (χ1v) is 10.6. The Morgan fingerprint density at radius 2 is 1.92 bits per heavy atom. The molecule has 0 aliphatic carbocycles. The van der Waals surface area contributed by atoms with Crippen LogP contribution in [0, 0.1) is 5.92 Å². The molecule has 0 unspecified atom stereocenters. The van der Waals surface area contributed by atoms with Gasteiger partial charge in [-0.05, 0) is 24.5 Å². The summed E-state index contributed by atoms with van der Waals surface area (Å²) in [6, 6.07) is 3.60. The number of hydrogen-bond acceptors (Lipinski definition) is 4. The Kier molecular flexibility index (Phi) is 8.72. The van der Waals surface area contributed by atoms with E-state index in [4.69, 9.17) is 0 Å². The maximum atomic E-state index is 12.5. The first-order valence-electron chi connectivity index (χ1n) is 8.38. The minimum Gasteiger partial charge on any atom is -0.356 e. The van der Waals surface area contributed by atoms with Gasteiger partial charge in [-0.25, -0.2) is 8.42 Å². The van der Waals surface area contributed by atoms with E-state index in [9.17, 15) is 8.42 Å². The van der Waals surface area contributed by atoms with E-state index in [1.54, 1.807) is 13.1 Å². The van der Waals surface area contributed by atoms with Crippen molar-refractivity contribution in [3.05, 3.63) is 17.0 Å². The van der Waals surface area contributed by atoms with E-state index in [0.29, 0.717) is 29.8 Å². The fourth-order valence-corrected chi connectivity index (χ4v) is 5.12. The average Bonchev–Trinajstić information content (AvgIpc) is 3.01. The van der Waals surface area contributed by atoms with Crippen LogP contribution in [0.4, 0.5) is 0 Å². The highest BCUT2D eigenvalue weighted by Gasteiger charge is 2.23. The van der Waals surface area contributed by atoms with Gasteiger partial charge in [0.15, 0.2) is 5.96 Å². The molecule has 0 aliphatic rings. The van der Waals surface area contributed by atoms with Gasteiger partial charge in [-0.2, -0.15) is 4.31 Å². The first kappa shape index (κ1) is 20.9. The lowest BCUT2D eigenvalue weighted by Gasteiger charge is -2.16. The van der Waals surface area contributed by atoms with Gasteiger partial charge in [0.05, 0.1) is 0 Å². The molecule has 0 aromatic carbocycles. The fraction of sp³-hybridized carbons (Fsp3) is 0.688. The second-order valence-electron chi connectivity index (χ2n) is 5.83. The maximum Gasteiger partial charge on any atom is 0.252 e. The van der Waals surface area contributed by atoms with Crippen molar-refractivity contribution in [1.29, 1.82) is 0 Å². The summed E-state index contributed by atoms with van der Waals surface area (Å²) in [6.45, 7) is 10.6. The second-order valence-corrected chi connectivity index (χ2v) is 9.17. The molecule has 0 bridgehead atoms. The largest absolute Gasteiger partial charge is 0.356 e. The number of guanidine groups is 1. The van der Waals surface area contributed by atoms with Crippen molar-refractivity contribution in [2.45, 2.75) is 38.3 Å². The number of thiophene rings is 1. The standard InChI is InChI=1S/C16H30N4O2S2/c1-6-20(7-2)24(21,22)15-9-8-14(23-15)10-11-18-16(17-5)19-12-13(3)4/h8-9,13H,6-7,10-12H2,1-5H3,(H2,17,18,19). The molecule has 0 fully saturated rings. The van der Waals surface area contributed by atoms with Crippen molar-refractivity contribution in [3.63, 3.8) is 0 Å². The first-order chi connectivity index (χ1) is 11.3. The van der Waals surface area contributed by atoms with Gasteiger partial charge in [-0.3, -0.25) is 4.99 Å². The lowest BCUT2D eigenvalue weighted by molar-refractivity contribution is 0.447. The van der Waals surface area contributed by atoms with Crippen molar-refractivity contribution in [1.82, 2.24) is 14.9 Å². The summed E-state index contributed by atoms with van der Waals surface area (Å²) in [5.41, 5.74) is 0. The van der Waals surface area contributed by atoms with Crippen LogP contribution in [0.25, 0.3) is 0 Å². The average molecular weight is 375 g/mol. The minimum absolute atomic E-state index is 0.420. The van der Waals surface area contributed by atoms with Crippen molar-refractivity contribution in [3.8, 4) is 0 Å². The van der Waals surface area contributed by atoms with Gasteiger partial charge in [0.25, 0.3) is 10.0 Å². The summed E-state index contributed by atoms with van der Waals surface area (Å²) in [5.74, 6) is 1.32. The number of rotatable bonds is 9. The van der Waals surface area contributed by atoms with E-state index in [0.717, 1.165) is 23.8 Å². The molecule has 0 amide bonds. The van der Waals surface area contributed by atoms with E-state index < -0.39 is 10.0 Å². The van der Waals surface area contributed by atoms with Crippen LogP contribution in [0.5, 0.6) is 0 Å². The molecule has 0 atom stereocenters. The van der Waals surface area contributed by atoms with Gasteiger partial charge < -0.3 is 10.6 Å². The molecular formula is C16H30N4O2S2. The molecule has 2 N–H and O–H groups in total. The Balaban J connectivity index is 2.59. The Bertz CT molecular complexity index is 620. The Morgan fingerprint density at radius 3 is 2.46 bits per heavy atom. The zero-order chi connectivity index (χ0) is 18.2. The van der Waals surface area contributed by atoms with Gasteiger partial charge in [0.1, 0.15) is 4.21 Å². The van der Waals surface area contributed by atoms with Crippen molar-refractivity contribution < 1.29 is 8.42 Å². The van der Waals surface area contributed by atoms with Gasteiger partial charge >= 0.3 is 0 Å². The highest BCUT2D eigenvalue weighted by Crippen LogP contribution is 2.25. The van der Waals surface area contributed by atoms with Crippen molar-refractivity contribution in [2.24, 2.45) is 10.9 Å². The van der Waals surface area contributed by atoms with Gasteiger partial charge in [0.2, 0.25) is 0 Å². The predicted molar refractivity (Wildman–Crippen MR) is 102 cm³/mol. The lowest BCUT2D eigenvalue weighted by atomic mass is 10.2. The number of nitrogens with one attached hydrogen (secondary N) is 2. The molecule has 0 saturated carbocycles. The fourth-order valence-electron chi connectivity index (χ4n) is 2.15. The molecule has 138 valence electrons. The molecule has 0 spiro atoms. The molecule has 6 nitrogen and oxygen atoms in total. The molecule has 24 heavy (non-hydrogen) atoms. The summed E-state index contributed by atoms with van der Waals surface area (Å²) >= 11 is 1.35. The molecular weight excluding hydrogens is 344 g/mol. The molecule has 8 heteroatoms. The summed E-state index contributed by atoms with van der Waals surface area (Å²) in [4.78, 5) is 5.22. The van der Waals surface area contributed by atoms with Gasteiger partial charge in [0, 0.05) is 38.1 Å². The van der Waals surface area contributed by atoms with Crippen LogP contribution in [-0.2, 0) is 16.4 Å². The van der Waals surface area contributed by atoms with E-state index >= 15 is 0 Å². The van der Waals surface area contributed by atoms with Crippen LogP contribution < -0.4 is 10.6 Å². The Morgan fingerprint density at radius 1 is 1.25 bits per heavy atom. The summed E-state index contributed by atoms with van der Waals surface area (Å²) < 4.78 is 26.9. The summed E-state index contributed by atoms with van der Waals surface area (Å²) in [7, 11) is -1.60. The SMILES string of the molecule is CCN(CC)S(=O)(=O)c1ccc(CCNC(=NC)NCC(C)C)s1. The quantitative estimate of drug-likeness (QED) is 0.513. The third-order valence-electron chi connectivity index (χ3n) is 3.50. The Labute approximate surface area is 150 Å². The van der Waals surface area contributed by atoms with Gasteiger partial charge in [-0.15, -0.1) is 11.3 Å². The third kappa shape index (κ3) is 6.07. The highest BCUT2D eigenvalue weighted by molar-refractivity contribution is 7.91. The second kappa shape index (κ2) is 10.0. The monoisotopic (exact) mass is 374 g/mol. The topological polar surface area (TPSA) is 73.8 Å². The van der Waals surface area contributed by atoms with Gasteiger partial charge in [-0.1, -0.05) is 27.7 Å². The zero-order valence-corrected chi connectivity index (χ0v) is 16.9. The maximum absolute atomic E-state index is 12.5. The van der Waals surface area contributed by atoms with Crippen LogP contribution in [0.2, 0.25) is 0 Å². The molecule has 1 aromatic heterocycles. The van der Waals surface area contributed by atoms with E-state index in [1.807, 2.05) is 19.9 Å². The number of sulfonamides is 1. The van der Waals surface area contributed by atoms with E-state index in [2.05, 4.69) is 29.5 Å². The number of nitrogens with zero attached hydrogens (tertiary/aromatic N) is 2. The summed E-state index contributed by atoms with van der Waals surface area (Å²) in [6.07, 6.45) is 0.765. The Hall–Kier alpha value is -1.12. The van der Waals surface area contributed by atoms with E-state index in [-0.39, 0.29) is 0 Å². The lowest BCUT2D eigenvalue weighted by Crippen LogP contribution is -2.39. The molecule has 1 rings (SSSR count). The minimum atomic E-state index is -3.35. The number of aliphatic imine (C=N–C) groups is 1. The van der Waals surface area contributed by atoms with Crippen LogP contribution in [0.15, 0.2) is 21.3 Å². The van der Waals surface area contributed by atoms with E-state index in [1.165, 1.54) is 15.6 Å². The third-order valence-corrected chi connectivity index (χ3v) is 7.16. The van der Waals surface area contributed by atoms with Crippen LogP contribution in [0.3, 0.4) is 0 Å². The van der Waals surface area contributed by atoms with Crippen LogP contribution >= 0.6 is 11.3 Å². The highest BCUT2D eigenvalue weighted by atomic mass is 32.2. The summed E-state index contributed by atoms with van der Waals surface area (Å²) in [5, 5.41) is 6.51. The molecule has 0 radical (unpaired) electrons. The van der Waals surface area contributed by atoms with Crippen LogP contribution in [-0.4, -0.2) is 51.9 Å². The predicted octanol–water partition coefficient (Wildman–Crippen LogP) is 2.14. The smallest absolute Gasteiger partial charge is 0.252 e. The van der Waals surface area contributed by atoms with Crippen molar-refractivity contribution in [2.75, 3.05) is 33.2 Å². The molecule has 1 heterocycles. The van der Waals surface area contributed by atoms with Crippen LogP contribution in [0.1, 0.15) is 32.6 Å². The van der Waals surface area contributed by atoms with Crippen molar-refractivity contribution >= 4 is 27.3 Å². The molecule has 1 aromatic rings.